The van der Waals surface area contributed by atoms with E-state index in [0.29, 0.717) is 5.92 Å². The Morgan fingerprint density at radius 3 is 2.58 bits per heavy atom. The van der Waals surface area contributed by atoms with Crippen LogP contribution < -0.4 is 5.73 Å². The third-order valence-electron chi connectivity index (χ3n) is 5.90. The third kappa shape index (κ3) is 3.00. The maximum Gasteiger partial charge on any atom is 0.220 e. The summed E-state index contributed by atoms with van der Waals surface area (Å²) < 4.78 is 2.11. The fourth-order valence-corrected chi connectivity index (χ4v) is 4.20. The molecule has 2 atom stereocenters. The van der Waals surface area contributed by atoms with Crippen molar-refractivity contribution in [2.24, 2.45) is 18.7 Å². The van der Waals surface area contributed by atoms with Crippen LogP contribution >= 0.6 is 0 Å². The van der Waals surface area contributed by atoms with Gasteiger partial charge in [0, 0.05) is 13.0 Å². The number of hydrogen-bond donors (Lipinski definition) is 1. The van der Waals surface area contributed by atoms with Crippen LogP contribution in [0.15, 0.2) is 42.5 Å². The molecule has 134 valence electrons. The van der Waals surface area contributed by atoms with E-state index in [9.17, 15) is 4.79 Å². The van der Waals surface area contributed by atoms with Crippen molar-refractivity contribution in [1.29, 1.82) is 0 Å². The van der Waals surface area contributed by atoms with Crippen molar-refractivity contribution in [2.75, 3.05) is 0 Å². The number of imidazole rings is 1. The van der Waals surface area contributed by atoms with Gasteiger partial charge in [-0.05, 0) is 60.9 Å². The molecule has 0 saturated heterocycles. The smallest absolute Gasteiger partial charge is 0.220 e. The van der Waals surface area contributed by atoms with Gasteiger partial charge in [-0.3, -0.25) is 4.79 Å². The molecule has 2 unspecified atom stereocenters. The number of fused-ring (bicyclic) bond motifs is 1. The number of hydrogen-bond acceptors (Lipinski definition) is 2. The number of carbonyl (C=O) groups is 1. The van der Waals surface area contributed by atoms with Gasteiger partial charge in [-0.15, -0.1) is 0 Å². The highest BCUT2D eigenvalue weighted by atomic mass is 16.1. The predicted molar refractivity (Wildman–Crippen MR) is 105 cm³/mol. The fraction of sp³-hybridized carbons (Fsp3) is 0.364. The van der Waals surface area contributed by atoms with Crippen LogP contribution in [-0.2, 0) is 11.8 Å². The van der Waals surface area contributed by atoms with Gasteiger partial charge in [-0.25, -0.2) is 4.98 Å². The summed E-state index contributed by atoms with van der Waals surface area (Å²) in [5.74, 6) is 1.35. The molecule has 4 rings (SSSR count). The van der Waals surface area contributed by atoms with Crippen LogP contribution in [0.3, 0.4) is 0 Å². The number of primary amides is 1. The number of nitrogens with two attached hydrogens (primary N) is 1. The lowest BCUT2D eigenvalue weighted by atomic mass is 9.77. The van der Waals surface area contributed by atoms with E-state index in [1.54, 1.807) is 0 Å². The van der Waals surface area contributed by atoms with Gasteiger partial charge >= 0.3 is 0 Å². The van der Waals surface area contributed by atoms with Gasteiger partial charge in [0.15, 0.2) is 0 Å². The van der Waals surface area contributed by atoms with Crippen LogP contribution in [0.5, 0.6) is 0 Å². The molecule has 0 bridgehead atoms. The van der Waals surface area contributed by atoms with Gasteiger partial charge in [-0.2, -0.15) is 0 Å². The molecule has 3 aromatic rings. The second kappa shape index (κ2) is 6.60. The summed E-state index contributed by atoms with van der Waals surface area (Å²) in [4.78, 5) is 16.2. The lowest BCUT2D eigenvalue weighted by Gasteiger charge is -2.27. The van der Waals surface area contributed by atoms with E-state index in [4.69, 9.17) is 5.73 Å². The first kappa shape index (κ1) is 16.8. The molecule has 1 saturated carbocycles. The van der Waals surface area contributed by atoms with E-state index in [-0.39, 0.29) is 11.8 Å². The number of nitrogens with zero attached hydrogens (tertiary/aromatic N) is 2. The Labute approximate surface area is 154 Å². The van der Waals surface area contributed by atoms with Crippen molar-refractivity contribution in [3.63, 3.8) is 0 Å². The maximum absolute atomic E-state index is 11.5. The summed E-state index contributed by atoms with van der Waals surface area (Å²) in [6, 6.07) is 15.2. The van der Waals surface area contributed by atoms with Crippen LogP contribution in [0.4, 0.5) is 0 Å². The molecule has 1 fully saturated rings. The highest BCUT2D eigenvalue weighted by Crippen LogP contribution is 2.37. The lowest BCUT2D eigenvalue weighted by Crippen LogP contribution is -2.27. The predicted octanol–water partition coefficient (Wildman–Crippen LogP) is 4.31. The van der Waals surface area contributed by atoms with Gasteiger partial charge < -0.3 is 10.3 Å². The fourth-order valence-electron chi connectivity index (χ4n) is 4.20. The third-order valence-corrected chi connectivity index (χ3v) is 5.90. The van der Waals surface area contributed by atoms with Crippen molar-refractivity contribution in [3.8, 4) is 11.1 Å². The minimum Gasteiger partial charge on any atom is -0.369 e. The average Bonchev–Trinajstić information content (AvgIpc) is 2.95. The topological polar surface area (TPSA) is 60.9 Å². The van der Waals surface area contributed by atoms with Gasteiger partial charge in [-0.1, -0.05) is 36.8 Å². The molecular formula is C22H25N3O. The molecule has 2 aromatic carbocycles. The first-order chi connectivity index (χ1) is 12.5. The molecule has 1 heterocycles. The molecular weight excluding hydrogens is 322 g/mol. The molecule has 0 spiro atoms. The second-order valence-electron chi connectivity index (χ2n) is 7.51. The van der Waals surface area contributed by atoms with Gasteiger partial charge in [0.1, 0.15) is 5.82 Å². The quantitative estimate of drug-likeness (QED) is 0.767. The minimum absolute atomic E-state index is 0.0308. The lowest BCUT2D eigenvalue weighted by molar-refractivity contribution is -0.122. The zero-order valence-corrected chi connectivity index (χ0v) is 15.4. The summed E-state index contributed by atoms with van der Waals surface area (Å²) in [5, 5.41) is 0. The Balaban J connectivity index is 1.58. The molecule has 4 nitrogen and oxygen atoms in total. The van der Waals surface area contributed by atoms with Crippen molar-refractivity contribution in [2.45, 2.75) is 38.5 Å². The van der Waals surface area contributed by atoms with Crippen LogP contribution in [0.25, 0.3) is 22.2 Å². The van der Waals surface area contributed by atoms with Crippen molar-refractivity contribution < 1.29 is 4.79 Å². The molecule has 1 amide bonds. The Morgan fingerprint density at radius 1 is 1.12 bits per heavy atom. The van der Waals surface area contributed by atoms with Gasteiger partial charge in [0.05, 0.1) is 11.0 Å². The van der Waals surface area contributed by atoms with E-state index in [0.717, 1.165) is 42.5 Å². The summed E-state index contributed by atoms with van der Waals surface area (Å²) in [5.41, 5.74) is 11.4. The summed E-state index contributed by atoms with van der Waals surface area (Å²) in [7, 11) is 2.04. The van der Waals surface area contributed by atoms with E-state index in [1.165, 1.54) is 16.7 Å². The average molecular weight is 347 g/mol. The van der Waals surface area contributed by atoms with Crippen LogP contribution in [0.2, 0.25) is 0 Å². The molecule has 0 aliphatic heterocycles. The molecule has 1 aliphatic rings. The molecule has 1 aliphatic carbocycles. The number of aromatic nitrogens is 2. The molecule has 2 N–H and O–H groups in total. The second-order valence-corrected chi connectivity index (χ2v) is 7.51. The van der Waals surface area contributed by atoms with Gasteiger partial charge in [0.2, 0.25) is 5.91 Å². The number of benzene rings is 2. The zero-order valence-electron chi connectivity index (χ0n) is 15.4. The van der Waals surface area contributed by atoms with Gasteiger partial charge in [0.25, 0.3) is 0 Å². The summed E-state index contributed by atoms with van der Waals surface area (Å²) >= 11 is 0. The number of aryl methyl sites for hydroxylation is 2. The Kier molecular flexibility index (Phi) is 4.27. The largest absolute Gasteiger partial charge is 0.369 e. The highest BCUT2D eigenvalue weighted by Gasteiger charge is 2.26. The molecule has 0 radical (unpaired) electrons. The monoisotopic (exact) mass is 347 g/mol. The SMILES string of the molecule is Cc1nc2cc(-c3ccc(C4CCCC(C(N)=O)C4)cc3)ccc2n1C. The molecule has 26 heavy (non-hydrogen) atoms. The van der Waals surface area contributed by atoms with E-state index in [2.05, 4.69) is 52.0 Å². The Hall–Kier alpha value is -2.62. The maximum atomic E-state index is 11.5. The van der Waals surface area contributed by atoms with E-state index >= 15 is 0 Å². The number of carbonyl (C=O) groups excluding carboxylic acids is 1. The molecule has 4 heteroatoms. The van der Waals surface area contributed by atoms with Crippen LogP contribution in [0, 0.1) is 12.8 Å². The first-order valence-electron chi connectivity index (χ1n) is 9.35. The molecule has 1 aromatic heterocycles. The van der Waals surface area contributed by atoms with Crippen molar-refractivity contribution in [1.82, 2.24) is 9.55 Å². The Morgan fingerprint density at radius 2 is 1.85 bits per heavy atom. The van der Waals surface area contributed by atoms with Crippen molar-refractivity contribution in [3.05, 3.63) is 53.9 Å². The van der Waals surface area contributed by atoms with Crippen molar-refractivity contribution >= 4 is 16.9 Å². The first-order valence-corrected chi connectivity index (χ1v) is 9.35. The Bertz CT molecular complexity index is 955. The standard InChI is InChI=1S/C22H25N3O/c1-14-24-20-13-18(10-11-21(20)25(14)2)16-8-6-15(7-9-16)17-4-3-5-19(12-17)22(23)26/h6-11,13,17,19H,3-5,12H2,1-2H3,(H2,23,26). The van der Waals surface area contributed by atoms with Crippen LogP contribution in [0.1, 0.15) is 43.0 Å². The zero-order chi connectivity index (χ0) is 18.3. The van der Waals surface area contributed by atoms with Crippen LogP contribution in [-0.4, -0.2) is 15.5 Å². The normalized spacial score (nSPS) is 20.4. The highest BCUT2D eigenvalue weighted by molar-refractivity contribution is 5.82. The minimum atomic E-state index is -0.148. The van der Waals surface area contributed by atoms with E-state index in [1.807, 2.05) is 14.0 Å². The number of amides is 1. The van der Waals surface area contributed by atoms with E-state index < -0.39 is 0 Å². The summed E-state index contributed by atoms with van der Waals surface area (Å²) in [6.07, 6.45) is 4.04. The summed E-state index contributed by atoms with van der Waals surface area (Å²) in [6.45, 7) is 2.03. The number of rotatable bonds is 3.